The first kappa shape index (κ1) is 11.0. The van der Waals surface area contributed by atoms with Crippen LogP contribution in [-0.4, -0.2) is 43.9 Å². The van der Waals surface area contributed by atoms with Crippen LogP contribution in [0.5, 0.6) is 0 Å². The van der Waals surface area contributed by atoms with Crippen LogP contribution in [0.15, 0.2) is 12.2 Å². The molecule has 2 amide bonds. The summed E-state index contributed by atoms with van der Waals surface area (Å²) in [5.74, 6) is 0.761. The van der Waals surface area contributed by atoms with Crippen LogP contribution in [0.1, 0.15) is 6.42 Å². The maximum atomic E-state index is 12.3. The number of likely N-dealkylation sites (tertiary alicyclic amines) is 1. The molecule has 3 rings (SSSR count). The molecule has 4 nitrogen and oxygen atoms in total. The molecule has 3 aliphatic rings. The fourth-order valence-corrected chi connectivity index (χ4v) is 3.52. The fourth-order valence-electron chi connectivity index (χ4n) is 3.52. The molecule has 0 aromatic carbocycles. The van der Waals surface area contributed by atoms with Crippen molar-refractivity contribution in [2.24, 2.45) is 23.7 Å². The molecular weight excluding hydrogens is 216 g/mol. The Morgan fingerprint density at radius 1 is 1.18 bits per heavy atom. The number of amides is 2. The lowest BCUT2D eigenvalue weighted by atomic mass is 9.85. The Balaban J connectivity index is 1.78. The van der Waals surface area contributed by atoms with Crippen molar-refractivity contribution in [1.82, 2.24) is 4.90 Å². The van der Waals surface area contributed by atoms with Crippen molar-refractivity contribution < 1.29 is 14.5 Å². The van der Waals surface area contributed by atoms with Gasteiger partial charge in [0.05, 0.1) is 39.0 Å². The molecule has 4 atom stereocenters. The largest absolute Gasteiger partial charge is 0.338 e. The van der Waals surface area contributed by atoms with Crippen LogP contribution in [-0.2, 0) is 9.59 Å². The van der Waals surface area contributed by atoms with E-state index in [1.807, 2.05) is 14.1 Å². The molecule has 1 saturated heterocycles. The number of nitrogens with zero attached hydrogens (tertiary/aromatic N) is 1. The van der Waals surface area contributed by atoms with Gasteiger partial charge in [-0.05, 0) is 18.3 Å². The second-order valence-corrected chi connectivity index (χ2v) is 5.79. The lowest BCUT2D eigenvalue weighted by Gasteiger charge is -2.17. The van der Waals surface area contributed by atoms with Gasteiger partial charge in [-0.15, -0.1) is 0 Å². The maximum Gasteiger partial charge on any atom is 0.233 e. The zero-order chi connectivity index (χ0) is 12.2. The minimum absolute atomic E-state index is 0.0327. The van der Waals surface area contributed by atoms with Crippen molar-refractivity contribution in [3.8, 4) is 0 Å². The first-order valence-corrected chi connectivity index (χ1v) is 6.42. The SMILES string of the molecule is C[NH+](C)CCN1C(=O)[C@@H]2[C@H](C1=O)[C@@H]1C=C[C@H]2C1. The van der Waals surface area contributed by atoms with E-state index in [0.29, 0.717) is 18.4 Å². The van der Waals surface area contributed by atoms with Crippen molar-refractivity contribution in [1.29, 1.82) is 0 Å². The van der Waals surface area contributed by atoms with Crippen LogP contribution >= 0.6 is 0 Å². The van der Waals surface area contributed by atoms with Crippen LogP contribution in [0.3, 0.4) is 0 Å². The highest BCUT2D eigenvalue weighted by molar-refractivity contribution is 6.06. The summed E-state index contributed by atoms with van der Waals surface area (Å²) in [7, 11) is 4.08. The molecule has 0 aromatic heterocycles. The molecule has 4 heteroatoms. The van der Waals surface area contributed by atoms with Crippen molar-refractivity contribution in [2.45, 2.75) is 6.42 Å². The Hall–Kier alpha value is -1.16. The minimum atomic E-state index is -0.0327. The lowest BCUT2D eigenvalue weighted by molar-refractivity contribution is -0.857. The third-order valence-electron chi connectivity index (χ3n) is 4.40. The lowest BCUT2D eigenvalue weighted by Crippen LogP contribution is -3.06. The predicted octanol–water partition coefficient (Wildman–Crippen LogP) is -1.06. The number of allylic oxidation sites excluding steroid dienone is 2. The molecule has 1 N–H and O–H groups in total. The van der Waals surface area contributed by atoms with E-state index in [4.69, 9.17) is 0 Å². The highest BCUT2D eigenvalue weighted by Crippen LogP contribution is 2.52. The Morgan fingerprint density at radius 3 is 2.18 bits per heavy atom. The number of fused-ring (bicyclic) bond motifs is 5. The molecule has 1 aliphatic heterocycles. The highest BCUT2D eigenvalue weighted by Gasteiger charge is 2.59. The Labute approximate surface area is 101 Å². The Bertz CT molecular complexity index is 372. The number of hydrogen-bond donors (Lipinski definition) is 1. The monoisotopic (exact) mass is 235 g/mol. The molecule has 1 heterocycles. The number of carbonyl (C=O) groups excluding carboxylic acids is 2. The van der Waals surface area contributed by atoms with Crippen molar-refractivity contribution in [3.63, 3.8) is 0 Å². The van der Waals surface area contributed by atoms with Gasteiger partial charge in [0.1, 0.15) is 0 Å². The van der Waals surface area contributed by atoms with E-state index in [1.54, 1.807) is 0 Å². The fraction of sp³-hybridized carbons (Fsp3) is 0.692. The minimum Gasteiger partial charge on any atom is -0.338 e. The summed E-state index contributed by atoms with van der Waals surface area (Å²) in [4.78, 5) is 27.3. The Morgan fingerprint density at radius 2 is 1.71 bits per heavy atom. The van der Waals surface area contributed by atoms with Crippen LogP contribution < -0.4 is 4.90 Å². The predicted molar refractivity (Wildman–Crippen MR) is 62.1 cm³/mol. The van der Waals surface area contributed by atoms with Crippen LogP contribution in [0, 0.1) is 23.7 Å². The van der Waals surface area contributed by atoms with E-state index < -0.39 is 0 Å². The van der Waals surface area contributed by atoms with Crippen molar-refractivity contribution in [3.05, 3.63) is 12.2 Å². The number of hydrogen-bond acceptors (Lipinski definition) is 2. The van der Waals surface area contributed by atoms with Gasteiger partial charge in [0.2, 0.25) is 11.8 Å². The third kappa shape index (κ3) is 1.47. The zero-order valence-electron chi connectivity index (χ0n) is 10.3. The molecule has 0 unspecified atom stereocenters. The summed E-state index contributed by atoms with van der Waals surface area (Å²) in [6, 6.07) is 0. The third-order valence-corrected chi connectivity index (χ3v) is 4.40. The topological polar surface area (TPSA) is 41.8 Å². The maximum absolute atomic E-state index is 12.3. The molecule has 0 aromatic rings. The number of nitrogens with one attached hydrogen (secondary N) is 1. The van der Waals surface area contributed by atoms with E-state index in [9.17, 15) is 9.59 Å². The van der Waals surface area contributed by atoms with Crippen LogP contribution in [0.4, 0.5) is 0 Å². The zero-order valence-corrected chi connectivity index (χ0v) is 10.3. The molecule has 2 aliphatic carbocycles. The molecule has 1 saturated carbocycles. The van der Waals surface area contributed by atoms with Gasteiger partial charge in [-0.25, -0.2) is 0 Å². The number of likely N-dealkylation sites (N-methyl/N-ethyl adjacent to an activating group) is 1. The molecule has 0 spiro atoms. The molecule has 2 bridgehead atoms. The Kier molecular flexibility index (Phi) is 2.36. The number of carbonyl (C=O) groups is 2. The summed E-state index contributed by atoms with van der Waals surface area (Å²) < 4.78 is 0. The second-order valence-electron chi connectivity index (χ2n) is 5.79. The smallest absolute Gasteiger partial charge is 0.233 e. The van der Waals surface area contributed by atoms with Gasteiger partial charge in [-0.2, -0.15) is 0 Å². The summed E-state index contributed by atoms with van der Waals surface area (Å²) in [5, 5.41) is 0. The quantitative estimate of drug-likeness (QED) is 0.500. The van der Waals surface area contributed by atoms with Gasteiger partial charge in [-0.3, -0.25) is 14.5 Å². The normalized spacial score (nSPS) is 38.6. The average Bonchev–Trinajstić information content (AvgIpc) is 2.92. The standard InChI is InChI=1S/C13H18N2O2/c1-14(2)5-6-15-12(16)10-8-3-4-9(7-8)11(10)13(15)17/h3-4,8-11H,5-7H2,1-2H3/p+1/t8-,9+,10-,11+. The summed E-state index contributed by atoms with van der Waals surface area (Å²) >= 11 is 0. The van der Waals surface area contributed by atoms with E-state index in [2.05, 4.69) is 12.2 Å². The number of rotatable bonds is 3. The molecule has 17 heavy (non-hydrogen) atoms. The van der Waals surface area contributed by atoms with E-state index >= 15 is 0 Å². The van der Waals surface area contributed by atoms with Crippen molar-refractivity contribution in [2.75, 3.05) is 27.2 Å². The first-order chi connectivity index (χ1) is 8.09. The average molecular weight is 235 g/mol. The molecule has 92 valence electrons. The van der Waals surface area contributed by atoms with Gasteiger partial charge < -0.3 is 4.90 Å². The first-order valence-electron chi connectivity index (χ1n) is 6.42. The molecule has 0 radical (unpaired) electrons. The van der Waals surface area contributed by atoms with Gasteiger partial charge in [0, 0.05) is 0 Å². The van der Waals surface area contributed by atoms with Gasteiger partial charge in [0.15, 0.2) is 0 Å². The summed E-state index contributed by atoms with van der Waals surface area (Å²) in [5.41, 5.74) is 0. The van der Waals surface area contributed by atoms with Gasteiger partial charge in [-0.1, -0.05) is 12.2 Å². The number of imide groups is 1. The molecule has 2 fully saturated rings. The van der Waals surface area contributed by atoms with Gasteiger partial charge >= 0.3 is 0 Å². The summed E-state index contributed by atoms with van der Waals surface area (Å²) in [6.45, 7) is 1.41. The highest BCUT2D eigenvalue weighted by atomic mass is 16.2. The van der Waals surface area contributed by atoms with Crippen molar-refractivity contribution >= 4 is 11.8 Å². The molecular formula is C13H19N2O2+. The van der Waals surface area contributed by atoms with Crippen LogP contribution in [0.25, 0.3) is 0 Å². The van der Waals surface area contributed by atoms with Gasteiger partial charge in [0.25, 0.3) is 0 Å². The van der Waals surface area contributed by atoms with Crippen LogP contribution in [0.2, 0.25) is 0 Å². The summed E-state index contributed by atoms with van der Waals surface area (Å²) in [6.07, 6.45) is 5.29. The number of quaternary nitrogens is 1. The second kappa shape index (κ2) is 3.67. The van der Waals surface area contributed by atoms with E-state index in [1.165, 1.54) is 9.80 Å². The van der Waals surface area contributed by atoms with E-state index in [-0.39, 0.29) is 23.7 Å². The van der Waals surface area contributed by atoms with E-state index in [0.717, 1.165) is 13.0 Å².